The third-order valence-corrected chi connectivity index (χ3v) is 3.83. The van der Waals surface area contributed by atoms with Crippen molar-refractivity contribution in [2.45, 2.75) is 20.5 Å². The zero-order valence-corrected chi connectivity index (χ0v) is 13.0. The van der Waals surface area contributed by atoms with E-state index in [0.29, 0.717) is 16.7 Å². The number of carbonyl (C=O) groups excluding carboxylic acids is 1. The average molecular weight is 304 g/mol. The number of pyridine rings is 1. The second kappa shape index (κ2) is 5.98. The minimum atomic E-state index is -0.373. The zero-order valence-electron chi connectivity index (χ0n) is 13.0. The Bertz CT molecular complexity index is 932. The van der Waals surface area contributed by atoms with Gasteiger partial charge in [0.15, 0.2) is 0 Å². The molecule has 114 valence electrons. The fraction of sp³-hybridized carbons (Fsp3) is 0.158. The molecule has 23 heavy (non-hydrogen) atoms. The normalized spacial score (nSPS) is 10.5. The average Bonchev–Trinajstić information content (AvgIpc) is 2.90. The number of benzene rings is 1. The topological polar surface area (TPSA) is 54.5 Å². The van der Waals surface area contributed by atoms with Gasteiger partial charge in [-0.15, -0.1) is 0 Å². The fourth-order valence-corrected chi connectivity index (χ4v) is 2.68. The van der Waals surface area contributed by atoms with Crippen LogP contribution in [0.25, 0.3) is 5.52 Å². The number of hydrogen-bond acceptors (Lipinski definition) is 3. The first-order chi connectivity index (χ1) is 11.1. The third kappa shape index (κ3) is 2.82. The van der Waals surface area contributed by atoms with Crippen LogP contribution in [-0.2, 0) is 11.3 Å². The van der Waals surface area contributed by atoms with Crippen molar-refractivity contribution in [1.82, 2.24) is 4.40 Å². The number of aryl methyl sites for hydroxylation is 2. The molecule has 4 heteroatoms. The van der Waals surface area contributed by atoms with E-state index in [4.69, 9.17) is 4.74 Å². The Morgan fingerprint density at radius 1 is 1.26 bits per heavy atom. The molecule has 0 atom stereocenters. The summed E-state index contributed by atoms with van der Waals surface area (Å²) in [6.45, 7) is 3.95. The van der Waals surface area contributed by atoms with E-state index in [1.165, 1.54) is 0 Å². The van der Waals surface area contributed by atoms with Crippen molar-refractivity contribution < 1.29 is 9.53 Å². The van der Waals surface area contributed by atoms with E-state index in [1.807, 2.05) is 61.0 Å². The predicted octanol–water partition coefficient (Wildman–Crippen LogP) is 3.78. The molecule has 0 aliphatic carbocycles. The van der Waals surface area contributed by atoms with Crippen LogP contribution in [0.5, 0.6) is 0 Å². The number of esters is 1. The summed E-state index contributed by atoms with van der Waals surface area (Å²) < 4.78 is 7.26. The van der Waals surface area contributed by atoms with Crippen LogP contribution in [0.4, 0.5) is 0 Å². The van der Waals surface area contributed by atoms with Crippen molar-refractivity contribution >= 4 is 11.5 Å². The molecule has 0 N–H and O–H groups in total. The number of ether oxygens (including phenoxy) is 1. The first-order valence-electron chi connectivity index (χ1n) is 7.33. The zero-order chi connectivity index (χ0) is 16.4. The van der Waals surface area contributed by atoms with Crippen molar-refractivity contribution in [3.63, 3.8) is 0 Å². The van der Waals surface area contributed by atoms with Gasteiger partial charge in [0.1, 0.15) is 12.7 Å². The van der Waals surface area contributed by atoms with E-state index in [2.05, 4.69) is 6.07 Å². The lowest BCUT2D eigenvalue weighted by Crippen LogP contribution is -2.07. The molecule has 4 nitrogen and oxygen atoms in total. The molecule has 0 bridgehead atoms. The van der Waals surface area contributed by atoms with Crippen LogP contribution in [0.3, 0.4) is 0 Å². The van der Waals surface area contributed by atoms with Gasteiger partial charge in [-0.05, 0) is 37.6 Å². The Balaban J connectivity index is 1.83. The monoisotopic (exact) mass is 304 g/mol. The van der Waals surface area contributed by atoms with Gasteiger partial charge in [-0.25, -0.2) is 4.79 Å². The maximum atomic E-state index is 12.3. The number of nitrogens with zero attached hydrogens (tertiary/aromatic N) is 2. The smallest absolute Gasteiger partial charge is 0.338 e. The van der Waals surface area contributed by atoms with Crippen LogP contribution in [0, 0.1) is 25.2 Å². The van der Waals surface area contributed by atoms with Crippen molar-refractivity contribution in [2.75, 3.05) is 0 Å². The van der Waals surface area contributed by atoms with Crippen LogP contribution < -0.4 is 0 Å². The molecule has 3 rings (SSSR count). The van der Waals surface area contributed by atoms with Crippen molar-refractivity contribution in [2.24, 2.45) is 0 Å². The van der Waals surface area contributed by atoms with Crippen LogP contribution in [0.2, 0.25) is 0 Å². The molecule has 2 heterocycles. The second-order valence-corrected chi connectivity index (χ2v) is 5.53. The Morgan fingerprint density at radius 3 is 2.83 bits per heavy atom. The van der Waals surface area contributed by atoms with Crippen molar-refractivity contribution in [1.29, 1.82) is 5.26 Å². The van der Waals surface area contributed by atoms with Crippen molar-refractivity contribution in [3.05, 3.63) is 76.6 Å². The summed E-state index contributed by atoms with van der Waals surface area (Å²) in [5, 5.41) is 9.36. The van der Waals surface area contributed by atoms with Gasteiger partial charge in [-0.2, -0.15) is 5.26 Å². The molecule has 0 aliphatic heterocycles. The minimum absolute atomic E-state index is 0.0801. The molecule has 0 spiro atoms. The van der Waals surface area contributed by atoms with Gasteiger partial charge in [0, 0.05) is 18.0 Å². The van der Waals surface area contributed by atoms with Gasteiger partial charge in [0.25, 0.3) is 0 Å². The number of nitriles is 1. The van der Waals surface area contributed by atoms with Crippen molar-refractivity contribution in [3.8, 4) is 6.07 Å². The van der Waals surface area contributed by atoms with Gasteiger partial charge in [-0.3, -0.25) is 0 Å². The van der Waals surface area contributed by atoms with E-state index < -0.39 is 0 Å². The van der Waals surface area contributed by atoms with E-state index in [9.17, 15) is 10.1 Å². The Hall–Kier alpha value is -3.06. The molecule has 0 unspecified atom stereocenters. The van der Waals surface area contributed by atoms with Crippen LogP contribution in [0.15, 0.2) is 48.8 Å². The van der Waals surface area contributed by atoms with Gasteiger partial charge < -0.3 is 9.14 Å². The molecule has 0 aliphatic rings. The lowest BCUT2D eigenvalue weighted by atomic mass is 10.1. The molecule has 0 amide bonds. The summed E-state index contributed by atoms with van der Waals surface area (Å²) in [5.41, 5.74) is 4.60. The molecule has 0 saturated heterocycles. The lowest BCUT2D eigenvalue weighted by molar-refractivity contribution is 0.0472. The number of fused-ring (bicyclic) bond motifs is 1. The molecular weight excluding hydrogens is 288 g/mol. The van der Waals surface area contributed by atoms with E-state index in [-0.39, 0.29) is 12.6 Å². The number of hydrogen-bond donors (Lipinski definition) is 0. The summed E-state index contributed by atoms with van der Waals surface area (Å²) in [4.78, 5) is 12.3. The Morgan fingerprint density at radius 2 is 2.09 bits per heavy atom. The molecular formula is C19H16N2O2. The molecule has 0 radical (unpaired) electrons. The number of aromatic nitrogens is 1. The molecule has 0 fully saturated rings. The standard InChI is InChI=1S/C19H16N2O2/c1-13-6-7-16(14(2)9-13)19(22)23-12-15-11-21-8-4-3-5-18(21)17(15)10-20/h3-9,11H,12H2,1-2H3. The third-order valence-electron chi connectivity index (χ3n) is 3.83. The highest BCUT2D eigenvalue weighted by molar-refractivity contribution is 5.91. The maximum absolute atomic E-state index is 12.3. The summed E-state index contributed by atoms with van der Waals surface area (Å²) in [6.07, 6.45) is 3.69. The number of rotatable bonds is 3. The second-order valence-electron chi connectivity index (χ2n) is 5.53. The van der Waals surface area contributed by atoms with Crippen LogP contribution in [0.1, 0.15) is 32.6 Å². The van der Waals surface area contributed by atoms with Gasteiger partial charge >= 0.3 is 5.97 Å². The molecule has 1 aromatic carbocycles. The largest absolute Gasteiger partial charge is 0.457 e. The van der Waals surface area contributed by atoms with Gasteiger partial charge in [0.2, 0.25) is 0 Å². The van der Waals surface area contributed by atoms with Crippen LogP contribution in [-0.4, -0.2) is 10.4 Å². The highest BCUT2D eigenvalue weighted by Crippen LogP contribution is 2.19. The van der Waals surface area contributed by atoms with E-state index >= 15 is 0 Å². The maximum Gasteiger partial charge on any atom is 0.338 e. The lowest BCUT2D eigenvalue weighted by Gasteiger charge is -2.07. The molecule has 2 aromatic heterocycles. The number of carbonyl (C=O) groups is 1. The Labute approximate surface area is 134 Å². The first-order valence-corrected chi connectivity index (χ1v) is 7.33. The first kappa shape index (κ1) is 14.9. The van der Waals surface area contributed by atoms with Crippen LogP contribution >= 0.6 is 0 Å². The summed E-state index contributed by atoms with van der Waals surface area (Å²) in [5.74, 6) is -0.373. The summed E-state index contributed by atoms with van der Waals surface area (Å²) in [6, 6.07) is 13.4. The SMILES string of the molecule is Cc1ccc(C(=O)OCc2cn3ccccc3c2C#N)c(C)c1. The quantitative estimate of drug-likeness (QED) is 0.692. The highest BCUT2D eigenvalue weighted by Gasteiger charge is 2.14. The summed E-state index contributed by atoms with van der Waals surface area (Å²) in [7, 11) is 0. The van der Waals surface area contributed by atoms with E-state index in [1.54, 1.807) is 6.07 Å². The molecule has 3 aromatic rings. The minimum Gasteiger partial charge on any atom is -0.457 e. The van der Waals surface area contributed by atoms with Gasteiger partial charge in [-0.1, -0.05) is 23.8 Å². The molecule has 0 saturated carbocycles. The van der Waals surface area contributed by atoms with Gasteiger partial charge in [0.05, 0.1) is 16.6 Å². The van der Waals surface area contributed by atoms with E-state index in [0.717, 1.165) is 16.6 Å². The highest BCUT2D eigenvalue weighted by atomic mass is 16.5. The summed E-state index contributed by atoms with van der Waals surface area (Å²) >= 11 is 0. The fourth-order valence-electron chi connectivity index (χ4n) is 2.68. The predicted molar refractivity (Wildman–Crippen MR) is 87.1 cm³/mol. The Kier molecular flexibility index (Phi) is 3.86.